The SMILES string of the molecule is CC#CCOc1ccc(-c2[c-]cc(Cl)c(=O)n2CC(F)F)c(C)c1.[Y]. The molecule has 0 aliphatic rings. The Morgan fingerprint density at radius 2 is 2.12 bits per heavy atom. The van der Waals surface area contributed by atoms with Gasteiger partial charge in [0.05, 0.1) is 6.54 Å². The van der Waals surface area contributed by atoms with Crippen LogP contribution in [0.2, 0.25) is 5.02 Å². The number of aromatic nitrogens is 1. The Labute approximate surface area is 175 Å². The molecule has 2 rings (SSSR count). The first kappa shape index (κ1) is 21.8. The van der Waals surface area contributed by atoms with Crippen molar-refractivity contribution in [1.29, 1.82) is 0 Å². The Morgan fingerprint density at radius 3 is 2.72 bits per heavy atom. The fourth-order valence-corrected chi connectivity index (χ4v) is 2.38. The summed E-state index contributed by atoms with van der Waals surface area (Å²) < 4.78 is 32.0. The van der Waals surface area contributed by atoms with Crippen LogP contribution in [0.5, 0.6) is 5.75 Å². The molecule has 0 N–H and O–H groups in total. The average molecular weight is 440 g/mol. The maximum absolute atomic E-state index is 12.8. The fourth-order valence-electron chi connectivity index (χ4n) is 2.22. The van der Waals surface area contributed by atoms with Gasteiger partial charge >= 0.3 is 0 Å². The number of rotatable bonds is 5. The number of hydrogen-bond donors (Lipinski definition) is 0. The number of aryl methyl sites for hydroxylation is 1. The molecule has 1 aromatic heterocycles. The van der Waals surface area contributed by atoms with Crippen molar-refractivity contribution in [2.75, 3.05) is 6.61 Å². The first-order chi connectivity index (χ1) is 11.4. The third kappa shape index (κ3) is 5.64. The monoisotopic (exact) mass is 439 g/mol. The summed E-state index contributed by atoms with van der Waals surface area (Å²) in [5.74, 6) is 6.12. The van der Waals surface area contributed by atoms with Gasteiger partial charge in [0.25, 0.3) is 6.43 Å². The summed E-state index contributed by atoms with van der Waals surface area (Å²) in [5.41, 5.74) is 0.974. The molecule has 0 bridgehead atoms. The van der Waals surface area contributed by atoms with E-state index in [1.54, 1.807) is 32.0 Å². The molecule has 0 aliphatic carbocycles. The summed E-state index contributed by atoms with van der Waals surface area (Å²) in [4.78, 5) is 12.1. The van der Waals surface area contributed by atoms with E-state index in [1.807, 2.05) is 0 Å². The second-order valence-corrected chi connectivity index (χ2v) is 5.39. The third-order valence-corrected chi connectivity index (χ3v) is 3.59. The molecule has 0 saturated carbocycles. The molecule has 25 heavy (non-hydrogen) atoms. The number of benzene rings is 1. The second kappa shape index (κ2) is 10.1. The van der Waals surface area contributed by atoms with E-state index in [9.17, 15) is 13.6 Å². The minimum atomic E-state index is -2.68. The van der Waals surface area contributed by atoms with Gasteiger partial charge in [-0.05, 0) is 19.1 Å². The van der Waals surface area contributed by atoms with Crippen LogP contribution in [-0.4, -0.2) is 17.6 Å². The van der Waals surface area contributed by atoms with Gasteiger partial charge < -0.3 is 9.30 Å². The molecule has 129 valence electrons. The van der Waals surface area contributed by atoms with Crippen LogP contribution in [-0.2, 0) is 39.3 Å². The summed E-state index contributed by atoms with van der Waals surface area (Å²) in [6, 6.07) is 9.26. The van der Waals surface area contributed by atoms with Crippen molar-refractivity contribution >= 4 is 11.6 Å². The summed E-state index contributed by atoms with van der Waals surface area (Å²) in [6.07, 6.45) is -2.68. The van der Waals surface area contributed by atoms with Crippen LogP contribution in [0.4, 0.5) is 8.78 Å². The number of ether oxygens (including phenoxy) is 1. The summed E-state index contributed by atoms with van der Waals surface area (Å²) in [5, 5.41) is -0.143. The Bertz CT molecular complexity index is 856. The van der Waals surface area contributed by atoms with Crippen molar-refractivity contribution in [1.82, 2.24) is 4.57 Å². The predicted octanol–water partition coefficient (Wildman–Crippen LogP) is 3.94. The van der Waals surface area contributed by atoms with Gasteiger partial charge in [-0.15, -0.1) is 12.0 Å². The molecule has 1 radical (unpaired) electrons. The molecule has 0 aliphatic heterocycles. The number of hydrogen-bond acceptors (Lipinski definition) is 2. The van der Waals surface area contributed by atoms with Crippen molar-refractivity contribution in [2.45, 2.75) is 26.8 Å². The van der Waals surface area contributed by atoms with Crippen molar-refractivity contribution in [3.63, 3.8) is 0 Å². The van der Waals surface area contributed by atoms with Crippen LogP contribution < -0.4 is 10.3 Å². The van der Waals surface area contributed by atoms with E-state index in [4.69, 9.17) is 16.3 Å². The maximum Gasteiger partial charge on any atom is 0.256 e. The number of nitrogens with zero attached hydrogens (tertiary/aromatic N) is 1. The molecule has 7 heteroatoms. The van der Waals surface area contributed by atoms with Crippen molar-refractivity contribution < 1.29 is 46.2 Å². The zero-order valence-corrected chi connectivity index (χ0v) is 17.4. The molecule has 1 heterocycles. The third-order valence-electron chi connectivity index (χ3n) is 3.32. The van der Waals surface area contributed by atoms with Crippen LogP contribution in [0, 0.1) is 24.8 Å². The molecule has 3 nitrogen and oxygen atoms in total. The van der Waals surface area contributed by atoms with Gasteiger partial charge in [0.1, 0.15) is 12.4 Å². The quantitative estimate of drug-likeness (QED) is 0.522. The standard InChI is InChI=1S/C18H15ClF2NO2.Y/c1-3-4-9-24-13-5-6-14(12(2)10-13)16-8-7-15(19)18(23)22(16)11-17(20)21;/h5-7,10,17H,9,11H2,1-2H3;/q-1;. The van der Waals surface area contributed by atoms with E-state index in [0.717, 1.165) is 10.1 Å². The molecule has 1 aromatic carbocycles. The molecule has 0 saturated heterocycles. The number of alkyl halides is 2. The molecular formula is C18H15ClF2NO2Y-. The van der Waals surface area contributed by atoms with E-state index in [0.29, 0.717) is 11.3 Å². The van der Waals surface area contributed by atoms with E-state index in [2.05, 4.69) is 17.9 Å². The van der Waals surface area contributed by atoms with Crippen LogP contribution in [0.3, 0.4) is 0 Å². The van der Waals surface area contributed by atoms with Crippen LogP contribution in [0.25, 0.3) is 11.3 Å². The van der Waals surface area contributed by atoms with Gasteiger partial charge in [-0.25, -0.2) is 8.78 Å². The van der Waals surface area contributed by atoms with Crippen LogP contribution in [0.1, 0.15) is 12.5 Å². The van der Waals surface area contributed by atoms with Gasteiger partial charge in [-0.2, -0.15) is 23.7 Å². The predicted molar refractivity (Wildman–Crippen MR) is 89.7 cm³/mol. The van der Waals surface area contributed by atoms with Gasteiger partial charge in [0.15, 0.2) is 0 Å². The van der Waals surface area contributed by atoms with E-state index >= 15 is 0 Å². The van der Waals surface area contributed by atoms with E-state index < -0.39 is 18.5 Å². The maximum atomic E-state index is 12.8. The molecule has 0 unspecified atom stereocenters. The topological polar surface area (TPSA) is 31.2 Å². The van der Waals surface area contributed by atoms with E-state index in [1.165, 1.54) is 6.07 Å². The summed E-state index contributed by atoms with van der Waals surface area (Å²) in [6.45, 7) is 3.04. The van der Waals surface area contributed by atoms with E-state index in [-0.39, 0.29) is 50.0 Å². The molecule has 0 fully saturated rings. The van der Waals surface area contributed by atoms with Gasteiger partial charge in [-0.1, -0.05) is 29.7 Å². The molecule has 0 spiro atoms. The Hall–Kier alpha value is -1.22. The number of pyridine rings is 1. The zero-order valence-electron chi connectivity index (χ0n) is 13.8. The molecular weight excluding hydrogens is 425 g/mol. The largest absolute Gasteiger partial charge is 0.481 e. The van der Waals surface area contributed by atoms with Crippen molar-refractivity contribution in [3.8, 4) is 28.8 Å². The smallest absolute Gasteiger partial charge is 0.256 e. The number of halogens is 3. The molecule has 0 amide bonds. The van der Waals surface area contributed by atoms with Crippen molar-refractivity contribution in [3.05, 3.63) is 51.3 Å². The fraction of sp³-hybridized carbons (Fsp3) is 0.278. The Kier molecular flexibility index (Phi) is 8.78. The Morgan fingerprint density at radius 1 is 1.40 bits per heavy atom. The first-order valence-corrected chi connectivity index (χ1v) is 7.54. The average Bonchev–Trinajstić information content (AvgIpc) is 2.53. The molecule has 2 aromatic rings. The minimum Gasteiger partial charge on any atom is -0.481 e. The summed E-state index contributed by atoms with van der Waals surface area (Å²) in [7, 11) is 0. The first-order valence-electron chi connectivity index (χ1n) is 7.16. The Balaban J connectivity index is 0.00000312. The van der Waals surface area contributed by atoms with Gasteiger partial charge in [0, 0.05) is 37.7 Å². The minimum absolute atomic E-state index is 0. The van der Waals surface area contributed by atoms with Gasteiger partial charge in [0.2, 0.25) is 5.56 Å². The second-order valence-electron chi connectivity index (χ2n) is 4.98. The summed E-state index contributed by atoms with van der Waals surface area (Å²) >= 11 is 5.75. The zero-order chi connectivity index (χ0) is 17.7. The van der Waals surface area contributed by atoms with Gasteiger partial charge in [-0.3, -0.25) is 4.79 Å². The van der Waals surface area contributed by atoms with Crippen LogP contribution in [0.15, 0.2) is 29.1 Å². The molecule has 0 atom stereocenters. The normalized spacial score (nSPS) is 10.0. The van der Waals surface area contributed by atoms with Crippen LogP contribution >= 0.6 is 11.6 Å². The van der Waals surface area contributed by atoms with Crippen molar-refractivity contribution in [2.24, 2.45) is 0 Å².